The molecule has 3 rings (SSSR count). The Morgan fingerprint density at radius 3 is 2.81 bits per heavy atom. The summed E-state index contributed by atoms with van der Waals surface area (Å²) in [6.07, 6.45) is -1.53. The van der Waals surface area contributed by atoms with Gasteiger partial charge in [0, 0.05) is 6.42 Å². The number of nitrogens with one attached hydrogen (secondary N) is 1. The van der Waals surface area contributed by atoms with E-state index in [1.54, 1.807) is 24.3 Å². The minimum Gasteiger partial charge on any atom is -0.481 e. The van der Waals surface area contributed by atoms with Gasteiger partial charge in [0.25, 0.3) is 5.56 Å². The number of carboxylic acids is 1. The number of para-hydroxylation sites is 1. The quantitative estimate of drug-likeness (QED) is 0.673. The zero-order valence-electron chi connectivity index (χ0n) is 13.8. The van der Waals surface area contributed by atoms with Crippen molar-refractivity contribution < 1.29 is 24.2 Å². The number of amides is 1. The van der Waals surface area contributed by atoms with E-state index in [-0.39, 0.29) is 5.56 Å². The number of aliphatic carboxylic acids is 1. The van der Waals surface area contributed by atoms with E-state index in [2.05, 4.69) is 10.3 Å². The molecule has 2 heterocycles. The number of aliphatic hydroxyl groups is 1. The summed E-state index contributed by atoms with van der Waals surface area (Å²) >= 11 is 0. The van der Waals surface area contributed by atoms with Gasteiger partial charge in [-0.05, 0) is 18.6 Å². The van der Waals surface area contributed by atoms with Gasteiger partial charge in [0.1, 0.15) is 24.6 Å². The second-order valence-electron chi connectivity index (χ2n) is 6.21. The van der Waals surface area contributed by atoms with Crippen LogP contribution in [0.4, 0.5) is 4.39 Å². The van der Waals surface area contributed by atoms with Gasteiger partial charge in [-0.25, -0.2) is 9.37 Å². The van der Waals surface area contributed by atoms with Crippen molar-refractivity contribution in [2.45, 2.75) is 37.5 Å². The third-order valence-corrected chi connectivity index (χ3v) is 4.48. The Labute approximate surface area is 147 Å². The summed E-state index contributed by atoms with van der Waals surface area (Å²) < 4.78 is 14.0. The summed E-state index contributed by atoms with van der Waals surface area (Å²) in [6, 6.07) is 4.63. The molecule has 1 aliphatic heterocycles. The number of halogens is 1. The zero-order valence-corrected chi connectivity index (χ0v) is 13.8. The number of benzene rings is 1. The number of nitrogens with zero attached hydrogens (tertiary/aromatic N) is 2. The van der Waals surface area contributed by atoms with Crippen LogP contribution in [0.1, 0.15) is 24.7 Å². The van der Waals surface area contributed by atoms with E-state index in [1.165, 1.54) is 4.57 Å². The van der Waals surface area contributed by atoms with Gasteiger partial charge in [-0.15, -0.1) is 0 Å². The number of carboxylic acid groups (broad SMARTS) is 1. The van der Waals surface area contributed by atoms with Gasteiger partial charge in [0.15, 0.2) is 0 Å². The number of carbonyl (C=O) groups is 2. The Kier molecular flexibility index (Phi) is 4.99. The Morgan fingerprint density at radius 2 is 2.12 bits per heavy atom. The summed E-state index contributed by atoms with van der Waals surface area (Å²) in [5, 5.41) is 21.2. The van der Waals surface area contributed by atoms with Crippen LogP contribution in [0.25, 0.3) is 10.9 Å². The van der Waals surface area contributed by atoms with E-state index >= 15 is 0 Å². The van der Waals surface area contributed by atoms with E-state index in [4.69, 9.17) is 5.11 Å². The van der Waals surface area contributed by atoms with Crippen LogP contribution in [-0.4, -0.2) is 50.5 Å². The molecule has 0 fully saturated rings. The molecular weight excluding hydrogens is 345 g/mol. The van der Waals surface area contributed by atoms with Crippen molar-refractivity contribution in [1.29, 1.82) is 0 Å². The molecule has 138 valence electrons. The lowest BCUT2D eigenvalue weighted by Gasteiger charge is -2.23. The van der Waals surface area contributed by atoms with Crippen molar-refractivity contribution in [1.82, 2.24) is 14.9 Å². The minimum absolute atomic E-state index is 0.315. The monoisotopic (exact) mass is 363 g/mol. The van der Waals surface area contributed by atoms with Crippen molar-refractivity contribution >= 4 is 22.8 Å². The molecule has 0 spiro atoms. The van der Waals surface area contributed by atoms with Gasteiger partial charge in [-0.1, -0.05) is 12.1 Å². The van der Waals surface area contributed by atoms with Gasteiger partial charge in [-0.2, -0.15) is 0 Å². The van der Waals surface area contributed by atoms with Crippen molar-refractivity contribution in [2.75, 3.05) is 6.67 Å². The van der Waals surface area contributed by atoms with Gasteiger partial charge in [-0.3, -0.25) is 19.0 Å². The molecule has 1 amide bonds. The fourth-order valence-corrected chi connectivity index (χ4v) is 3.19. The zero-order chi connectivity index (χ0) is 18.8. The second kappa shape index (κ2) is 7.20. The van der Waals surface area contributed by atoms with Gasteiger partial charge >= 0.3 is 5.97 Å². The van der Waals surface area contributed by atoms with Crippen molar-refractivity contribution in [3.63, 3.8) is 0 Å². The lowest BCUT2D eigenvalue weighted by Crippen LogP contribution is -2.48. The molecule has 0 aliphatic carbocycles. The van der Waals surface area contributed by atoms with Crippen LogP contribution < -0.4 is 10.9 Å². The first kappa shape index (κ1) is 18.0. The summed E-state index contributed by atoms with van der Waals surface area (Å²) in [5.41, 5.74) is 0.186. The summed E-state index contributed by atoms with van der Waals surface area (Å²) in [6.45, 7) is -1.19. The highest BCUT2D eigenvalue weighted by Gasteiger charge is 2.34. The standard InChI is InChI=1S/C17H18FN3O5/c18-8-13(22)11(7-15(23)24)20-16(25)12-5-6-14-19-10-4-2-1-3-9(10)17(26)21(12)14/h1-4,11-13,22H,5-8H2,(H,20,25)(H,23,24)/t11?,12-,13?/m0/s1. The van der Waals surface area contributed by atoms with Gasteiger partial charge in [0.2, 0.25) is 5.91 Å². The number of hydrogen-bond acceptors (Lipinski definition) is 5. The maximum absolute atomic E-state index is 12.7. The maximum Gasteiger partial charge on any atom is 0.305 e. The maximum atomic E-state index is 12.7. The van der Waals surface area contributed by atoms with Crippen LogP contribution in [0, 0.1) is 0 Å². The lowest BCUT2D eigenvalue weighted by molar-refractivity contribution is -0.139. The van der Waals surface area contributed by atoms with E-state index in [0.717, 1.165) is 0 Å². The molecule has 0 bridgehead atoms. The Morgan fingerprint density at radius 1 is 1.38 bits per heavy atom. The largest absolute Gasteiger partial charge is 0.481 e. The molecular formula is C17H18FN3O5. The number of aromatic nitrogens is 2. The highest BCUT2D eigenvalue weighted by molar-refractivity contribution is 5.83. The molecule has 8 nitrogen and oxygen atoms in total. The van der Waals surface area contributed by atoms with Crippen LogP contribution in [0.15, 0.2) is 29.1 Å². The molecule has 3 N–H and O–H groups in total. The third kappa shape index (κ3) is 3.30. The van der Waals surface area contributed by atoms with Gasteiger partial charge in [0.05, 0.1) is 23.4 Å². The van der Waals surface area contributed by atoms with E-state index < -0.39 is 43.2 Å². The first-order valence-electron chi connectivity index (χ1n) is 8.18. The van der Waals surface area contributed by atoms with E-state index in [0.29, 0.717) is 29.6 Å². The van der Waals surface area contributed by atoms with Crippen LogP contribution in [0.3, 0.4) is 0 Å². The topological polar surface area (TPSA) is 122 Å². The fraction of sp³-hybridized carbons (Fsp3) is 0.412. The fourth-order valence-electron chi connectivity index (χ4n) is 3.19. The predicted octanol–water partition coefficient (Wildman–Crippen LogP) is 0.174. The predicted molar refractivity (Wildman–Crippen MR) is 89.5 cm³/mol. The van der Waals surface area contributed by atoms with E-state index in [9.17, 15) is 23.9 Å². The average Bonchev–Trinajstić information content (AvgIpc) is 3.04. The molecule has 0 saturated heterocycles. The normalized spacial score (nSPS) is 18.3. The van der Waals surface area contributed by atoms with Crippen LogP contribution in [0.5, 0.6) is 0 Å². The number of alkyl halides is 1. The molecule has 26 heavy (non-hydrogen) atoms. The Bertz CT molecular complexity index is 913. The SMILES string of the molecule is O=C(O)CC(NC(=O)[C@@H]1CCc2nc3ccccc3c(=O)n21)C(O)CF. The molecule has 0 radical (unpaired) electrons. The molecule has 1 aromatic heterocycles. The molecule has 1 aromatic carbocycles. The average molecular weight is 363 g/mol. The Balaban J connectivity index is 1.90. The van der Waals surface area contributed by atoms with Crippen LogP contribution in [-0.2, 0) is 16.0 Å². The second-order valence-corrected chi connectivity index (χ2v) is 6.21. The number of aryl methyl sites for hydroxylation is 1. The molecule has 9 heteroatoms. The highest BCUT2D eigenvalue weighted by atomic mass is 19.1. The lowest BCUT2D eigenvalue weighted by atomic mass is 10.1. The Hall–Kier alpha value is -2.81. The molecule has 3 atom stereocenters. The molecule has 0 saturated carbocycles. The number of aliphatic hydroxyl groups excluding tert-OH is 1. The van der Waals surface area contributed by atoms with Crippen LogP contribution in [0.2, 0.25) is 0 Å². The van der Waals surface area contributed by atoms with Crippen molar-refractivity contribution in [3.05, 3.63) is 40.4 Å². The summed E-state index contributed by atoms with van der Waals surface area (Å²) in [4.78, 5) is 40.6. The first-order valence-corrected chi connectivity index (χ1v) is 8.18. The molecule has 2 unspecified atom stereocenters. The minimum atomic E-state index is -1.64. The third-order valence-electron chi connectivity index (χ3n) is 4.48. The number of fused-ring (bicyclic) bond motifs is 2. The number of hydrogen-bond donors (Lipinski definition) is 3. The van der Waals surface area contributed by atoms with E-state index in [1.807, 2.05) is 0 Å². The van der Waals surface area contributed by atoms with Crippen molar-refractivity contribution in [3.8, 4) is 0 Å². The highest BCUT2D eigenvalue weighted by Crippen LogP contribution is 2.24. The summed E-state index contributed by atoms with van der Waals surface area (Å²) in [7, 11) is 0. The van der Waals surface area contributed by atoms with Crippen molar-refractivity contribution in [2.24, 2.45) is 0 Å². The molecule has 2 aromatic rings. The first-order chi connectivity index (χ1) is 12.4. The van der Waals surface area contributed by atoms with Gasteiger partial charge < -0.3 is 15.5 Å². The molecule has 1 aliphatic rings. The number of rotatable bonds is 6. The smallest absolute Gasteiger partial charge is 0.305 e. The number of carbonyl (C=O) groups excluding carboxylic acids is 1. The van der Waals surface area contributed by atoms with Crippen LogP contribution >= 0.6 is 0 Å². The summed E-state index contributed by atoms with van der Waals surface area (Å²) in [5.74, 6) is -1.45.